The monoisotopic (exact) mass is 386 g/mol. The molecule has 1 aromatic carbocycles. The Morgan fingerprint density at radius 2 is 1.89 bits per heavy atom. The van der Waals surface area contributed by atoms with Gasteiger partial charge in [-0.1, -0.05) is 12.1 Å². The van der Waals surface area contributed by atoms with Gasteiger partial charge in [-0.05, 0) is 55.7 Å². The number of phenols is 1. The zero-order chi connectivity index (χ0) is 19.9. The fourth-order valence-electron chi connectivity index (χ4n) is 3.34. The Morgan fingerprint density at radius 3 is 2.57 bits per heavy atom. The average Bonchev–Trinajstić information content (AvgIpc) is 2.69. The zero-order valence-corrected chi connectivity index (χ0v) is 15.7. The maximum absolute atomic E-state index is 11.3. The number of nitrogens with zero attached hydrogens (tertiary/aromatic N) is 3. The van der Waals surface area contributed by atoms with Crippen LogP contribution in [0.2, 0.25) is 0 Å². The van der Waals surface area contributed by atoms with Crippen molar-refractivity contribution in [2.75, 3.05) is 23.7 Å². The number of phenolic OH excluding ortho intramolecular Hbond substituents is 1. The molecule has 28 heavy (non-hydrogen) atoms. The van der Waals surface area contributed by atoms with Gasteiger partial charge in [0.05, 0.1) is 4.92 Å². The summed E-state index contributed by atoms with van der Waals surface area (Å²) in [5, 5.41) is 26.8. The van der Waals surface area contributed by atoms with Crippen LogP contribution in [0.4, 0.5) is 17.5 Å². The summed E-state index contributed by atoms with van der Waals surface area (Å²) in [5.74, 6) is 1.26. The second kappa shape index (κ2) is 9.32. The number of nitro groups is 1. The Balaban J connectivity index is 1.58. The second-order valence-electron chi connectivity index (χ2n) is 7.19. The van der Waals surface area contributed by atoms with Crippen molar-refractivity contribution in [3.8, 4) is 5.75 Å². The Labute approximate surface area is 163 Å². The van der Waals surface area contributed by atoms with Crippen LogP contribution in [0.25, 0.3) is 0 Å². The molecule has 9 nitrogen and oxygen atoms in total. The number of benzene rings is 1. The fraction of sp³-hybridized carbons (Fsp3) is 0.474. The lowest BCUT2D eigenvalue weighted by Gasteiger charge is -2.26. The molecule has 9 heteroatoms. The van der Waals surface area contributed by atoms with Crippen LogP contribution in [0.5, 0.6) is 5.75 Å². The predicted octanol–water partition coefficient (Wildman–Crippen LogP) is 2.67. The van der Waals surface area contributed by atoms with Gasteiger partial charge in [0.15, 0.2) is 0 Å². The summed E-state index contributed by atoms with van der Waals surface area (Å²) in [7, 11) is 0. The minimum Gasteiger partial charge on any atom is -0.508 e. The lowest BCUT2D eigenvalue weighted by atomic mass is 9.86. The van der Waals surface area contributed by atoms with Crippen molar-refractivity contribution in [2.24, 2.45) is 11.7 Å². The maximum atomic E-state index is 11.3. The number of aromatic nitrogens is 2. The van der Waals surface area contributed by atoms with Crippen LogP contribution >= 0.6 is 0 Å². The van der Waals surface area contributed by atoms with Crippen molar-refractivity contribution in [3.63, 3.8) is 0 Å². The first-order chi connectivity index (χ1) is 13.5. The van der Waals surface area contributed by atoms with Crippen LogP contribution in [0.1, 0.15) is 31.2 Å². The van der Waals surface area contributed by atoms with E-state index >= 15 is 0 Å². The second-order valence-corrected chi connectivity index (χ2v) is 7.19. The van der Waals surface area contributed by atoms with E-state index in [2.05, 4.69) is 20.6 Å². The van der Waals surface area contributed by atoms with Crippen LogP contribution < -0.4 is 16.4 Å². The summed E-state index contributed by atoms with van der Waals surface area (Å²) in [6.07, 6.45) is 5.96. The van der Waals surface area contributed by atoms with Gasteiger partial charge in [-0.3, -0.25) is 10.1 Å². The summed E-state index contributed by atoms with van der Waals surface area (Å²) in [5.41, 5.74) is 6.86. The molecule has 2 aromatic rings. The molecule has 0 bridgehead atoms. The number of anilines is 2. The first-order valence-corrected chi connectivity index (χ1v) is 9.54. The summed E-state index contributed by atoms with van der Waals surface area (Å²) in [6.45, 7) is 1.21. The molecule has 0 spiro atoms. The Kier molecular flexibility index (Phi) is 6.59. The first-order valence-electron chi connectivity index (χ1n) is 9.54. The van der Waals surface area contributed by atoms with Crippen LogP contribution in [-0.4, -0.2) is 39.1 Å². The molecule has 5 N–H and O–H groups in total. The molecule has 0 radical (unpaired) electrons. The van der Waals surface area contributed by atoms with E-state index in [9.17, 15) is 15.2 Å². The normalized spacial score (nSPS) is 19.2. The van der Waals surface area contributed by atoms with Gasteiger partial charge < -0.3 is 21.5 Å². The molecule has 1 aliphatic rings. The standard InChI is InChI=1S/C19H26N6O3/c20-15-5-1-14(2-6-15)11-22-18-17(25(27)28)12-23-19(24-18)21-10-9-13-3-7-16(26)8-4-13/h3-4,7-8,12,14-15,26H,1-2,5-6,9-11,20H2,(H2,21,22,23,24). The van der Waals surface area contributed by atoms with Gasteiger partial charge >= 0.3 is 5.69 Å². The smallest absolute Gasteiger partial charge is 0.329 e. The van der Waals surface area contributed by atoms with E-state index in [4.69, 9.17) is 5.73 Å². The summed E-state index contributed by atoms with van der Waals surface area (Å²) in [4.78, 5) is 19.2. The molecule has 3 rings (SSSR count). The van der Waals surface area contributed by atoms with E-state index in [-0.39, 0.29) is 23.3 Å². The highest BCUT2D eigenvalue weighted by molar-refractivity contribution is 5.57. The van der Waals surface area contributed by atoms with Crippen LogP contribution in [0.15, 0.2) is 30.5 Å². The largest absolute Gasteiger partial charge is 0.508 e. The molecular formula is C19H26N6O3. The quantitative estimate of drug-likeness (QED) is 0.401. The van der Waals surface area contributed by atoms with Gasteiger partial charge in [0.2, 0.25) is 11.8 Å². The van der Waals surface area contributed by atoms with E-state index in [0.717, 1.165) is 31.2 Å². The van der Waals surface area contributed by atoms with E-state index in [1.807, 2.05) is 12.1 Å². The van der Waals surface area contributed by atoms with Crippen molar-refractivity contribution >= 4 is 17.5 Å². The first kappa shape index (κ1) is 19.8. The zero-order valence-electron chi connectivity index (χ0n) is 15.7. The van der Waals surface area contributed by atoms with Crippen LogP contribution in [-0.2, 0) is 6.42 Å². The predicted molar refractivity (Wildman–Crippen MR) is 107 cm³/mol. The SMILES string of the molecule is NC1CCC(CNc2nc(NCCc3ccc(O)cc3)ncc2[N+](=O)[O-])CC1. The van der Waals surface area contributed by atoms with Gasteiger partial charge in [-0.15, -0.1) is 0 Å². The maximum Gasteiger partial charge on any atom is 0.329 e. The third kappa shape index (κ3) is 5.53. The van der Waals surface area contributed by atoms with Crippen LogP contribution in [0, 0.1) is 16.0 Å². The third-order valence-corrected chi connectivity index (χ3v) is 5.05. The Morgan fingerprint density at radius 1 is 1.18 bits per heavy atom. The summed E-state index contributed by atoms with van der Waals surface area (Å²) >= 11 is 0. The Hall–Kier alpha value is -2.94. The molecular weight excluding hydrogens is 360 g/mol. The molecule has 1 heterocycles. The highest BCUT2D eigenvalue weighted by Crippen LogP contribution is 2.26. The molecule has 1 fully saturated rings. The van der Waals surface area contributed by atoms with Gasteiger partial charge in [0, 0.05) is 19.1 Å². The van der Waals surface area contributed by atoms with Crippen LogP contribution in [0.3, 0.4) is 0 Å². The molecule has 0 unspecified atom stereocenters. The van der Waals surface area contributed by atoms with Gasteiger partial charge in [0.25, 0.3) is 0 Å². The number of hydrogen-bond donors (Lipinski definition) is 4. The molecule has 0 saturated heterocycles. The number of nitrogens with two attached hydrogens (primary N) is 1. The summed E-state index contributed by atoms with van der Waals surface area (Å²) < 4.78 is 0. The molecule has 0 aliphatic heterocycles. The minimum atomic E-state index is -0.473. The van der Waals surface area contributed by atoms with Crippen molar-refractivity contribution < 1.29 is 10.0 Å². The van der Waals surface area contributed by atoms with E-state index in [1.165, 1.54) is 6.20 Å². The van der Waals surface area contributed by atoms with E-state index in [1.54, 1.807) is 12.1 Å². The molecule has 0 amide bonds. The molecule has 1 aromatic heterocycles. The number of aromatic hydroxyl groups is 1. The molecule has 150 valence electrons. The Bertz CT molecular complexity index is 791. The van der Waals surface area contributed by atoms with Crippen molar-refractivity contribution in [2.45, 2.75) is 38.1 Å². The molecule has 1 aliphatic carbocycles. The van der Waals surface area contributed by atoms with Gasteiger partial charge in [0.1, 0.15) is 11.9 Å². The number of rotatable bonds is 8. The third-order valence-electron chi connectivity index (χ3n) is 5.05. The number of hydrogen-bond acceptors (Lipinski definition) is 8. The average molecular weight is 386 g/mol. The van der Waals surface area contributed by atoms with E-state index in [0.29, 0.717) is 31.4 Å². The van der Waals surface area contributed by atoms with Gasteiger partial charge in [-0.2, -0.15) is 4.98 Å². The van der Waals surface area contributed by atoms with Crippen molar-refractivity contribution in [1.29, 1.82) is 0 Å². The highest BCUT2D eigenvalue weighted by atomic mass is 16.6. The van der Waals surface area contributed by atoms with Crippen molar-refractivity contribution in [3.05, 3.63) is 46.1 Å². The van der Waals surface area contributed by atoms with E-state index < -0.39 is 4.92 Å². The summed E-state index contributed by atoms with van der Waals surface area (Å²) in [6, 6.07) is 7.23. The number of nitrogens with one attached hydrogen (secondary N) is 2. The highest BCUT2D eigenvalue weighted by Gasteiger charge is 2.21. The minimum absolute atomic E-state index is 0.128. The topological polar surface area (TPSA) is 139 Å². The lowest BCUT2D eigenvalue weighted by molar-refractivity contribution is -0.384. The fourth-order valence-corrected chi connectivity index (χ4v) is 3.34. The molecule has 1 saturated carbocycles. The van der Waals surface area contributed by atoms with Gasteiger partial charge in [-0.25, -0.2) is 4.98 Å². The molecule has 0 atom stereocenters. The van der Waals surface area contributed by atoms with Crippen molar-refractivity contribution in [1.82, 2.24) is 9.97 Å². The lowest BCUT2D eigenvalue weighted by Crippen LogP contribution is -2.29.